The standard InChI is InChI=1S/C20H20N4O2S/c1-16-10-12-18(13-11-16)27(25,26)24-14-6-5-9-19-20(24)21-22-23(19)15-17-7-3-2-4-8-17/h2-8,10-13H,9,14-15H2,1H3. The van der Waals surface area contributed by atoms with Crippen LogP contribution in [0.1, 0.15) is 16.8 Å². The Balaban J connectivity index is 1.73. The van der Waals surface area contributed by atoms with Gasteiger partial charge in [0.25, 0.3) is 10.0 Å². The molecule has 138 valence electrons. The lowest BCUT2D eigenvalue weighted by atomic mass is 10.2. The lowest BCUT2D eigenvalue weighted by Gasteiger charge is -2.20. The number of allylic oxidation sites excluding steroid dienone is 1. The Morgan fingerprint density at radius 2 is 1.74 bits per heavy atom. The van der Waals surface area contributed by atoms with Gasteiger partial charge in [0.1, 0.15) is 0 Å². The molecule has 0 saturated carbocycles. The van der Waals surface area contributed by atoms with Crippen molar-refractivity contribution in [2.24, 2.45) is 0 Å². The molecule has 0 N–H and O–H groups in total. The van der Waals surface area contributed by atoms with Crippen molar-refractivity contribution in [3.63, 3.8) is 0 Å². The highest BCUT2D eigenvalue weighted by molar-refractivity contribution is 7.92. The summed E-state index contributed by atoms with van der Waals surface area (Å²) in [6.45, 7) is 2.72. The summed E-state index contributed by atoms with van der Waals surface area (Å²) in [5.74, 6) is 0.400. The van der Waals surface area contributed by atoms with Crippen LogP contribution in [0, 0.1) is 6.92 Å². The molecule has 1 aliphatic rings. The molecule has 7 heteroatoms. The summed E-state index contributed by atoms with van der Waals surface area (Å²) in [5.41, 5.74) is 2.90. The van der Waals surface area contributed by atoms with Crippen LogP contribution in [0.2, 0.25) is 0 Å². The maximum atomic E-state index is 13.2. The van der Waals surface area contributed by atoms with Gasteiger partial charge in [-0.1, -0.05) is 65.4 Å². The first-order valence-corrected chi connectivity index (χ1v) is 10.2. The number of rotatable bonds is 4. The Kier molecular flexibility index (Phi) is 4.53. The zero-order chi connectivity index (χ0) is 18.9. The third-order valence-corrected chi connectivity index (χ3v) is 6.36. The van der Waals surface area contributed by atoms with Crippen molar-refractivity contribution in [2.45, 2.75) is 24.8 Å². The highest BCUT2D eigenvalue weighted by Gasteiger charge is 2.30. The molecule has 0 amide bonds. The topological polar surface area (TPSA) is 68.1 Å². The van der Waals surface area contributed by atoms with E-state index in [0.717, 1.165) is 16.8 Å². The molecule has 2 heterocycles. The monoisotopic (exact) mass is 380 g/mol. The van der Waals surface area contributed by atoms with Gasteiger partial charge in [0.2, 0.25) is 0 Å². The molecule has 2 aromatic carbocycles. The molecule has 0 spiro atoms. The van der Waals surface area contributed by atoms with Crippen molar-refractivity contribution in [1.29, 1.82) is 0 Å². The molecule has 0 saturated heterocycles. The smallest absolute Gasteiger partial charge is 0.243 e. The van der Waals surface area contributed by atoms with Crippen LogP contribution < -0.4 is 4.31 Å². The first kappa shape index (κ1) is 17.5. The van der Waals surface area contributed by atoms with Crippen molar-refractivity contribution in [3.8, 4) is 0 Å². The predicted molar refractivity (Wildman–Crippen MR) is 104 cm³/mol. The third-order valence-electron chi connectivity index (χ3n) is 4.59. The highest BCUT2D eigenvalue weighted by Crippen LogP contribution is 2.28. The van der Waals surface area contributed by atoms with E-state index >= 15 is 0 Å². The van der Waals surface area contributed by atoms with E-state index in [1.807, 2.05) is 49.4 Å². The summed E-state index contributed by atoms with van der Waals surface area (Å²) >= 11 is 0. The van der Waals surface area contributed by atoms with Crippen molar-refractivity contribution in [3.05, 3.63) is 83.6 Å². The van der Waals surface area contributed by atoms with Gasteiger partial charge >= 0.3 is 0 Å². The summed E-state index contributed by atoms with van der Waals surface area (Å²) in [7, 11) is -3.71. The van der Waals surface area contributed by atoms with Gasteiger partial charge in [-0.3, -0.25) is 0 Å². The number of aryl methyl sites for hydroxylation is 1. The Bertz CT molecular complexity index is 1070. The second-order valence-electron chi connectivity index (χ2n) is 6.53. The van der Waals surface area contributed by atoms with E-state index in [9.17, 15) is 8.42 Å². The molecule has 0 unspecified atom stereocenters. The minimum atomic E-state index is -3.71. The predicted octanol–water partition coefficient (Wildman–Crippen LogP) is 2.94. The van der Waals surface area contributed by atoms with E-state index in [1.165, 1.54) is 4.31 Å². The summed E-state index contributed by atoms with van der Waals surface area (Å²) in [4.78, 5) is 0.256. The second-order valence-corrected chi connectivity index (χ2v) is 8.39. The Labute approximate surface area is 158 Å². The first-order chi connectivity index (χ1) is 13.1. The van der Waals surface area contributed by atoms with Gasteiger partial charge in [0, 0.05) is 6.42 Å². The minimum absolute atomic E-state index is 0.243. The molecule has 0 atom stereocenters. The normalized spacial score (nSPS) is 14.0. The first-order valence-electron chi connectivity index (χ1n) is 8.76. The molecule has 6 nitrogen and oxygen atoms in total. The zero-order valence-corrected chi connectivity index (χ0v) is 15.8. The maximum Gasteiger partial charge on any atom is 0.265 e. The van der Waals surface area contributed by atoms with Gasteiger partial charge < -0.3 is 0 Å². The van der Waals surface area contributed by atoms with E-state index in [4.69, 9.17) is 0 Å². The zero-order valence-electron chi connectivity index (χ0n) is 15.0. The number of anilines is 1. The summed E-state index contributed by atoms with van der Waals surface area (Å²) < 4.78 is 29.5. The molecule has 1 aliphatic heterocycles. The van der Waals surface area contributed by atoms with Crippen LogP contribution in [0.5, 0.6) is 0 Å². The number of sulfonamides is 1. The van der Waals surface area contributed by atoms with Crippen LogP contribution in [0.15, 0.2) is 71.6 Å². The molecule has 3 aromatic rings. The Morgan fingerprint density at radius 3 is 2.48 bits per heavy atom. The van der Waals surface area contributed by atoms with Crippen LogP contribution in [0.4, 0.5) is 5.82 Å². The van der Waals surface area contributed by atoms with E-state index in [1.54, 1.807) is 28.9 Å². The van der Waals surface area contributed by atoms with Crippen molar-refractivity contribution < 1.29 is 8.42 Å². The number of fused-ring (bicyclic) bond motifs is 1. The maximum absolute atomic E-state index is 13.2. The number of hydrogen-bond donors (Lipinski definition) is 0. The van der Waals surface area contributed by atoms with Crippen LogP contribution in [0.3, 0.4) is 0 Å². The highest BCUT2D eigenvalue weighted by atomic mass is 32.2. The molecule has 0 radical (unpaired) electrons. The third kappa shape index (κ3) is 3.38. The Hall–Kier alpha value is -2.93. The van der Waals surface area contributed by atoms with E-state index in [-0.39, 0.29) is 11.4 Å². The molecular formula is C20H20N4O2S. The molecule has 0 bridgehead atoms. The number of hydrogen-bond acceptors (Lipinski definition) is 4. The van der Waals surface area contributed by atoms with E-state index < -0.39 is 10.0 Å². The molecule has 27 heavy (non-hydrogen) atoms. The quantitative estimate of drug-likeness (QED) is 0.653. The second kappa shape index (κ2) is 7.00. The molecule has 4 rings (SSSR count). The van der Waals surface area contributed by atoms with Crippen molar-refractivity contribution in [2.75, 3.05) is 10.8 Å². The van der Waals surface area contributed by atoms with Gasteiger partial charge in [0.15, 0.2) is 5.82 Å². The lowest BCUT2D eigenvalue weighted by Crippen LogP contribution is -2.31. The summed E-state index contributed by atoms with van der Waals surface area (Å²) in [6.07, 6.45) is 4.42. The van der Waals surface area contributed by atoms with Crippen LogP contribution in [0.25, 0.3) is 0 Å². The average molecular weight is 380 g/mol. The Morgan fingerprint density at radius 1 is 1.00 bits per heavy atom. The van der Waals surface area contributed by atoms with Gasteiger partial charge in [-0.05, 0) is 24.6 Å². The largest absolute Gasteiger partial charge is 0.265 e. The average Bonchev–Trinajstić information content (AvgIpc) is 2.92. The fourth-order valence-corrected chi connectivity index (χ4v) is 4.48. The van der Waals surface area contributed by atoms with E-state index in [2.05, 4.69) is 10.3 Å². The van der Waals surface area contributed by atoms with Crippen molar-refractivity contribution >= 4 is 15.8 Å². The van der Waals surface area contributed by atoms with Gasteiger partial charge in [-0.15, -0.1) is 5.10 Å². The van der Waals surface area contributed by atoms with Gasteiger partial charge in [-0.2, -0.15) is 0 Å². The fourth-order valence-electron chi connectivity index (χ4n) is 3.10. The SMILES string of the molecule is Cc1ccc(S(=O)(=O)N2CC=CCc3c2nnn3Cc2ccccc2)cc1. The summed E-state index contributed by atoms with van der Waals surface area (Å²) in [6, 6.07) is 16.8. The van der Waals surface area contributed by atoms with Crippen LogP contribution >= 0.6 is 0 Å². The van der Waals surface area contributed by atoms with Crippen molar-refractivity contribution in [1.82, 2.24) is 15.0 Å². The lowest BCUT2D eigenvalue weighted by molar-refractivity contribution is 0.592. The summed E-state index contributed by atoms with van der Waals surface area (Å²) in [5, 5.41) is 8.46. The number of nitrogens with zero attached hydrogens (tertiary/aromatic N) is 4. The molecule has 1 aromatic heterocycles. The number of aromatic nitrogens is 3. The van der Waals surface area contributed by atoms with Gasteiger partial charge in [0.05, 0.1) is 23.7 Å². The van der Waals surface area contributed by atoms with E-state index in [0.29, 0.717) is 18.8 Å². The van der Waals surface area contributed by atoms with Crippen LogP contribution in [-0.2, 0) is 23.0 Å². The number of benzene rings is 2. The fraction of sp³-hybridized carbons (Fsp3) is 0.200. The minimum Gasteiger partial charge on any atom is -0.243 e. The molecule has 0 fully saturated rings. The van der Waals surface area contributed by atoms with Crippen LogP contribution in [-0.4, -0.2) is 30.0 Å². The van der Waals surface area contributed by atoms with Gasteiger partial charge in [-0.25, -0.2) is 17.4 Å². The molecular weight excluding hydrogens is 360 g/mol. The molecule has 0 aliphatic carbocycles.